The average Bonchev–Trinajstić information content (AvgIpc) is 2.23. The van der Waals surface area contributed by atoms with Gasteiger partial charge in [-0.1, -0.05) is 18.2 Å². The Bertz CT molecular complexity index is 389. The monoisotopic (exact) mass is 262 g/mol. The van der Waals surface area contributed by atoms with Crippen LogP contribution in [0, 0.1) is 0 Å². The number of hydrogen-bond donors (Lipinski definition) is 0. The van der Waals surface area contributed by atoms with Crippen molar-refractivity contribution in [2.24, 2.45) is 0 Å². The third kappa shape index (κ3) is 6.69. The summed E-state index contributed by atoms with van der Waals surface area (Å²) >= 11 is 0. The summed E-state index contributed by atoms with van der Waals surface area (Å²) in [7, 11) is 1.75. The van der Waals surface area contributed by atoms with Crippen LogP contribution in [0.15, 0.2) is 30.3 Å². The van der Waals surface area contributed by atoms with Crippen molar-refractivity contribution in [3.8, 4) is 5.75 Å². The van der Waals surface area contributed by atoms with Crippen LogP contribution in [-0.4, -0.2) is 20.8 Å². The predicted molar refractivity (Wildman–Crippen MR) is 65.4 cm³/mol. The van der Waals surface area contributed by atoms with E-state index in [1.807, 2.05) is 30.3 Å². The lowest BCUT2D eigenvalue weighted by molar-refractivity contribution is 0.306. The summed E-state index contributed by atoms with van der Waals surface area (Å²) in [6.45, 7) is 0.604. The Balaban J connectivity index is 2.05. The minimum atomic E-state index is -3.33. The predicted octanol–water partition coefficient (Wildman–Crippen LogP) is 2.80. The number of hydrogen-bond acceptors (Lipinski definition) is 3. The van der Waals surface area contributed by atoms with Crippen molar-refractivity contribution in [2.45, 2.75) is 19.3 Å². The molecular weight excluding hydrogens is 248 g/mol. The molecule has 0 saturated heterocycles. The molecule has 0 unspecified atom stereocenters. The van der Waals surface area contributed by atoms with Gasteiger partial charge in [-0.25, -0.2) is 8.42 Å². The second-order valence-electron chi connectivity index (χ2n) is 3.47. The summed E-state index contributed by atoms with van der Waals surface area (Å²) in [6, 6.07) is 9.54. The average molecular weight is 263 g/mol. The Morgan fingerprint density at radius 1 is 1.06 bits per heavy atom. The minimum Gasteiger partial charge on any atom is -0.494 e. The largest absolute Gasteiger partial charge is 0.494 e. The molecule has 5 heteroatoms. The van der Waals surface area contributed by atoms with E-state index in [9.17, 15) is 8.42 Å². The molecule has 0 spiro atoms. The number of halogens is 1. The molecule has 0 heterocycles. The van der Waals surface area contributed by atoms with Crippen molar-refractivity contribution in [3.63, 3.8) is 0 Å². The van der Waals surface area contributed by atoms with Crippen molar-refractivity contribution in [1.82, 2.24) is 0 Å². The SMILES string of the molecule is O=S(=O)(Cl)CCCCCOc1ccccc1. The fraction of sp³-hybridized carbons (Fsp3) is 0.455. The van der Waals surface area contributed by atoms with Gasteiger partial charge in [0.2, 0.25) is 9.05 Å². The van der Waals surface area contributed by atoms with E-state index < -0.39 is 9.05 Å². The lowest BCUT2D eigenvalue weighted by Gasteiger charge is -2.04. The first-order valence-corrected chi connectivity index (χ1v) is 7.66. The Labute approximate surface area is 101 Å². The normalized spacial score (nSPS) is 11.3. The smallest absolute Gasteiger partial charge is 0.232 e. The van der Waals surface area contributed by atoms with Gasteiger partial charge in [-0.3, -0.25) is 0 Å². The minimum absolute atomic E-state index is 0.0416. The van der Waals surface area contributed by atoms with E-state index in [0.717, 1.165) is 18.6 Å². The molecule has 1 rings (SSSR count). The van der Waals surface area contributed by atoms with Gasteiger partial charge in [0.25, 0.3) is 0 Å². The fourth-order valence-electron chi connectivity index (χ4n) is 1.26. The van der Waals surface area contributed by atoms with E-state index in [2.05, 4.69) is 0 Å². The lowest BCUT2D eigenvalue weighted by atomic mass is 10.3. The van der Waals surface area contributed by atoms with Crippen LogP contribution in [0.1, 0.15) is 19.3 Å². The van der Waals surface area contributed by atoms with Gasteiger partial charge in [0.15, 0.2) is 0 Å². The number of para-hydroxylation sites is 1. The summed E-state index contributed by atoms with van der Waals surface area (Å²) in [4.78, 5) is 0. The van der Waals surface area contributed by atoms with Gasteiger partial charge in [0.1, 0.15) is 5.75 Å². The Morgan fingerprint density at radius 3 is 2.38 bits per heavy atom. The van der Waals surface area contributed by atoms with Crippen LogP contribution in [0.4, 0.5) is 0 Å². The van der Waals surface area contributed by atoms with E-state index in [1.165, 1.54) is 0 Å². The van der Waals surface area contributed by atoms with Crippen LogP contribution in [0.2, 0.25) is 0 Å². The van der Waals surface area contributed by atoms with E-state index in [0.29, 0.717) is 13.0 Å². The topological polar surface area (TPSA) is 43.4 Å². The molecule has 0 bridgehead atoms. The third-order valence-electron chi connectivity index (χ3n) is 2.04. The van der Waals surface area contributed by atoms with Crippen molar-refractivity contribution in [2.75, 3.05) is 12.4 Å². The van der Waals surface area contributed by atoms with Gasteiger partial charge in [0, 0.05) is 10.7 Å². The van der Waals surface area contributed by atoms with Crippen LogP contribution in [0.3, 0.4) is 0 Å². The molecular formula is C11H15ClO3S. The van der Waals surface area contributed by atoms with Crippen molar-refractivity contribution >= 4 is 19.7 Å². The van der Waals surface area contributed by atoms with Crippen molar-refractivity contribution in [3.05, 3.63) is 30.3 Å². The maximum Gasteiger partial charge on any atom is 0.232 e. The first-order valence-electron chi connectivity index (χ1n) is 5.18. The molecule has 1 aromatic carbocycles. The zero-order valence-corrected chi connectivity index (χ0v) is 10.5. The van der Waals surface area contributed by atoms with E-state index in [-0.39, 0.29) is 5.75 Å². The summed E-state index contributed by atoms with van der Waals surface area (Å²) in [5, 5.41) is 0. The molecule has 3 nitrogen and oxygen atoms in total. The second kappa shape index (κ2) is 6.76. The molecule has 0 aromatic heterocycles. The molecule has 0 aliphatic heterocycles. The van der Waals surface area contributed by atoms with Crippen molar-refractivity contribution < 1.29 is 13.2 Å². The molecule has 0 atom stereocenters. The first-order chi connectivity index (χ1) is 7.58. The second-order valence-corrected chi connectivity index (χ2v) is 6.36. The van der Waals surface area contributed by atoms with Gasteiger partial charge in [-0.15, -0.1) is 0 Å². The molecule has 90 valence electrons. The number of unbranched alkanes of at least 4 members (excludes halogenated alkanes) is 2. The molecule has 0 aliphatic rings. The standard InChI is InChI=1S/C11H15ClO3S/c12-16(13,14)10-6-2-5-9-15-11-7-3-1-4-8-11/h1,3-4,7-8H,2,5-6,9-10H2. The maximum absolute atomic E-state index is 10.6. The zero-order valence-electron chi connectivity index (χ0n) is 8.93. The Kier molecular flexibility index (Phi) is 5.63. The lowest BCUT2D eigenvalue weighted by Crippen LogP contribution is -2.00. The molecule has 0 radical (unpaired) electrons. The number of rotatable bonds is 7. The van der Waals surface area contributed by atoms with Crippen LogP contribution in [0.5, 0.6) is 5.75 Å². The summed E-state index contributed by atoms with van der Waals surface area (Å²) in [5.41, 5.74) is 0. The third-order valence-corrected chi connectivity index (χ3v) is 3.28. The Hall–Kier alpha value is -0.740. The highest BCUT2D eigenvalue weighted by Gasteiger charge is 2.03. The van der Waals surface area contributed by atoms with Crippen LogP contribution >= 0.6 is 10.7 Å². The van der Waals surface area contributed by atoms with Gasteiger partial charge in [-0.2, -0.15) is 0 Å². The van der Waals surface area contributed by atoms with Crippen LogP contribution in [-0.2, 0) is 9.05 Å². The number of benzene rings is 1. The quantitative estimate of drug-likeness (QED) is 0.561. The molecule has 0 N–H and O–H groups in total. The first kappa shape index (κ1) is 13.3. The number of ether oxygens (including phenoxy) is 1. The summed E-state index contributed by atoms with van der Waals surface area (Å²) in [6.07, 6.45) is 2.23. The van der Waals surface area contributed by atoms with Gasteiger partial charge in [-0.05, 0) is 31.4 Å². The van der Waals surface area contributed by atoms with E-state index in [4.69, 9.17) is 15.4 Å². The zero-order chi connectivity index (χ0) is 11.9. The highest BCUT2D eigenvalue weighted by atomic mass is 35.7. The highest BCUT2D eigenvalue weighted by Crippen LogP contribution is 2.09. The Morgan fingerprint density at radius 2 is 1.75 bits per heavy atom. The molecule has 0 fully saturated rings. The van der Waals surface area contributed by atoms with E-state index >= 15 is 0 Å². The molecule has 0 saturated carbocycles. The molecule has 0 amide bonds. The van der Waals surface area contributed by atoms with Crippen LogP contribution < -0.4 is 4.74 Å². The summed E-state index contributed by atoms with van der Waals surface area (Å²) in [5.74, 6) is 0.882. The summed E-state index contributed by atoms with van der Waals surface area (Å²) < 4.78 is 26.7. The van der Waals surface area contributed by atoms with Gasteiger partial charge < -0.3 is 4.74 Å². The van der Waals surface area contributed by atoms with Crippen LogP contribution in [0.25, 0.3) is 0 Å². The van der Waals surface area contributed by atoms with Gasteiger partial charge >= 0.3 is 0 Å². The molecule has 1 aromatic rings. The van der Waals surface area contributed by atoms with E-state index in [1.54, 1.807) is 0 Å². The fourth-order valence-corrected chi connectivity index (χ4v) is 2.14. The van der Waals surface area contributed by atoms with Crippen molar-refractivity contribution in [1.29, 1.82) is 0 Å². The molecule has 16 heavy (non-hydrogen) atoms. The highest BCUT2D eigenvalue weighted by molar-refractivity contribution is 8.13. The van der Waals surface area contributed by atoms with Gasteiger partial charge in [0.05, 0.1) is 12.4 Å². The molecule has 0 aliphatic carbocycles. The maximum atomic E-state index is 10.6.